The van der Waals surface area contributed by atoms with E-state index in [0.717, 1.165) is 59.4 Å². The van der Waals surface area contributed by atoms with Crippen LogP contribution in [0.5, 0.6) is 0 Å². The summed E-state index contributed by atoms with van der Waals surface area (Å²) in [5.41, 5.74) is 3.82. The molecule has 5 rings (SSSR count). The van der Waals surface area contributed by atoms with Crippen LogP contribution in [0.3, 0.4) is 0 Å². The molecule has 4 heterocycles. The Labute approximate surface area is 210 Å². The average molecular weight is 490 g/mol. The standard InChI is InChI=1S/C26H28ClN7O/c1-19-16-25(32-26(31-19)33-12-14-35-15-13-33)34(18-21-4-2-3-8-28-21)11-10-30-23-7-9-29-24-17-20(27)5-6-22(23)24/h2-9,16-17H,10-15,18H2,1H3,(H,29,30). The van der Waals surface area contributed by atoms with Crippen LogP contribution in [-0.2, 0) is 11.3 Å². The number of nitrogens with one attached hydrogen (secondary N) is 1. The molecule has 1 aliphatic heterocycles. The summed E-state index contributed by atoms with van der Waals surface area (Å²) in [4.78, 5) is 23.1. The molecule has 9 heteroatoms. The van der Waals surface area contributed by atoms with E-state index in [1.54, 1.807) is 6.20 Å². The van der Waals surface area contributed by atoms with Crippen molar-refractivity contribution in [2.45, 2.75) is 13.5 Å². The van der Waals surface area contributed by atoms with Gasteiger partial charge in [0, 0.05) is 66.4 Å². The first-order valence-electron chi connectivity index (χ1n) is 11.8. The minimum absolute atomic E-state index is 0.647. The Bertz CT molecular complexity index is 1280. The van der Waals surface area contributed by atoms with Gasteiger partial charge in [-0.3, -0.25) is 9.97 Å². The second-order valence-electron chi connectivity index (χ2n) is 8.46. The minimum atomic E-state index is 0.647. The predicted molar refractivity (Wildman–Crippen MR) is 140 cm³/mol. The summed E-state index contributed by atoms with van der Waals surface area (Å²) in [7, 11) is 0. The molecule has 180 valence electrons. The number of morpholine rings is 1. The zero-order valence-corrected chi connectivity index (χ0v) is 20.4. The topological polar surface area (TPSA) is 79.3 Å². The first-order valence-corrected chi connectivity index (χ1v) is 12.1. The van der Waals surface area contributed by atoms with Crippen LogP contribution >= 0.6 is 11.6 Å². The number of aryl methyl sites for hydroxylation is 1. The maximum atomic E-state index is 6.15. The Balaban J connectivity index is 1.38. The molecule has 1 saturated heterocycles. The van der Waals surface area contributed by atoms with Crippen molar-refractivity contribution in [1.29, 1.82) is 0 Å². The molecule has 1 aliphatic rings. The van der Waals surface area contributed by atoms with E-state index in [4.69, 9.17) is 26.3 Å². The third kappa shape index (κ3) is 5.78. The second-order valence-corrected chi connectivity index (χ2v) is 8.89. The van der Waals surface area contributed by atoms with Crippen molar-refractivity contribution in [1.82, 2.24) is 19.9 Å². The number of benzene rings is 1. The predicted octanol–water partition coefficient (Wildman–Crippen LogP) is 4.34. The van der Waals surface area contributed by atoms with Gasteiger partial charge in [0.1, 0.15) is 5.82 Å². The largest absolute Gasteiger partial charge is 0.383 e. The fourth-order valence-electron chi connectivity index (χ4n) is 4.17. The minimum Gasteiger partial charge on any atom is -0.383 e. The van der Waals surface area contributed by atoms with Gasteiger partial charge < -0.3 is 19.9 Å². The van der Waals surface area contributed by atoms with Gasteiger partial charge in [-0.15, -0.1) is 0 Å². The van der Waals surface area contributed by atoms with Crippen LogP contribution < -0.4 is 15.1 Å². The molecular formula is C26H28ClN7O. The molecule has 0 saturated carbocycles. The van der Waals surface area contributed by atoms with Crippen molar-refractivity contribution in [2.75, 3.05) is 54.5 Å². The van der Waals surface area contributed by atoms with Crippen LogP contribution in [0.15, 0.2) is 60.9 Å². The summed E-state index contributed by atoms with van der Waals surface area (Å²) in [5.74, 6) is 1.64. The Morgan fingerprint density at radius 3 is 2.74 bits per heavy atom. The highest BCUT2D eigenvalue weighted by Gasteiger charge is 2.18. The quantitative estimate of drug-likeness (QED) is 0.391. The molecule has 1 fully saturated rings. The molecule has 0 bridgehead atoms. The second kappa shape index (κ2) is 10.8. The van der Waals surface area contributed by atoms with Gasteiger partial charge in [-0.1, -0.05) is 17.7 Å². The van der Waals surface area contributed by atoms with Crippen molar-refractivity contribution in [3.05, 3.63) is 77.3 Å². The number of anilines is 3. The van der Waals surface area contributed by atoms with Crippen LogP contribution in [0.1, 0.15) is 11.4 Å². The Morgan fingerprint density at radius 1 is 1.03 bits per heavy atom. The van der Waals surface area contributed by atoms with Crippen molar-refractivity contribution < 1.29 is 4.74 Å². The van der Waals surface area contributed by atoms with E-state index in [0.29, 0.717) is 31.3 Å². The Morgan fingerprint density at radius 2 is 1.91 bits per heavy atom. The normalized spacial score (nSPS) is 13.7. The van der Waals surface area contributed by atoms with Gasteiger partial charge in [-0.05, 0) is 43.3 Å². The van der Waals surface area contributed by atoms with Crippen molar-refractivity contribution in [3.8, 4) is 0 Å². The fourth-order valence-corrected chi connectivity index (χ4v) is 4.33. The summed E-state index contributed by atoms with van der Waals surface area (Å²) < 4.78 is 5.50. The summed E-state index contributed by atoms with van der Waals surface area (Å²) in [6.07, 6.45) is 3.62. The molecule has 0 atom stereocenters. The van der Waals surface area contributed by atoms with Crippen LogP contribution in [0.4, 0.5) is 17.5 Å². The number of ether oxygens (including phenoxy) is 1. The van der Waals surface area contributed by atoms with Crippen molar-refractivity contribution >= 4 is 40.0 Å². The number of pyridine rings is 2. The van der Waals surface area contributed by atoms with E-state index in [1.165, 1.54) is 0 Å². The maximum Gasteiger partial charge on any atom is 0.227 e. The van der Waals surface area contributed by atoms with E-state index >= 15 is 0 Å². The van der Waals surface area contributed by atoms with Crippen LogP contribution in [-0.4, -0.2) is 59.3 Å². The molecule has 0 amide bonds. The SMILES string of the molecule is Cc1cc(N(CCNc2ccnc3cc(Cl)ccc23)Cc2ccccn2)nc(N2CCOCC2)n1. The zero-order chi connectivity index (χ0) is 24.0. The molecule has 1 N–H and O–H groups in total. The van der Waals surface area contributed by atoms with E-state index in [9.17, 15) is 0 Å². The molecule has 8 nitrogen and oxygen atoms in total. The summed E-state index contributed by atoms with van der Waals surface area (Å²) in [5, 5.41) is 5.29. The summed E-state index contributed by atoms with van der Waals surface area (Å²) >= 11 is 6.15. The fraction of sp³-hybridized carbons (Fsp3) is 0.308. The van der Waals surface area contributed by atoms with Crippen molar-refractivity contribution in [2.24, 2.45) is 0 Å². The van der Waals surface area contributed by atoms with Crippen molar-refractivity contribution in [3.63, 3.8) is 0 Å². The van der Waals surface area contributed by atoms with Gasteiger partial charge in [0.2, 0.25) is 5.95 Å². The first-order chi connectivity index (χ1) is 17.2. The van der Waals surface area contributed by atoms with Gasteiger partial charge in [0.25, 0.3) is 0 Å². The average Bonchev–Trinajstić information content (AvgIpc) is 2.89. The molecule has 0 unspecified atom stereocenters. The van der Waals surface area contributed by atoms with Gasteiger partial charge in [0.05, 0.1) is 31.0 Å². The maximum absolute atomic E-state index is 6.15. The highest BCUT2D eigenvalue weighted by molar-refractivity contribution is 6.31. The third-order valence-electron chi connectivity index (χ3n) is 5.93. The Hall–Kier alpha value is -3.49. The lowest BCUT2D eigenvalue weighted by Gasteiger charge is -2.29. The van der Waals surface area contributed by atoms with Gasteiger partial charge in [-0.2, -0.15) is 4.98 Å². The number of hydrogen-bond acceptors (Lipinski definition) is 8. The smallest absolute Gasteiger partial charge is 0.227 e. The lowest BCUT2D eigenvalue weighted by molar-refractivity contribution is 0.122. The zero-order valence-electron chi connectivity index (χ0n) is 19.7. The molecule has 35 heavy (non-hydrogen) atoms. The van der Waals surface area contributed by atoms with Gasteiger partial charge in [-0.25, -0.2) is 4.98 Å². The number of rotatable bonds is 8. The Kier molecular flexibility index (Phi) is 7.20. The van der Waals surface area contributed by atoms with E-state index in [-0.39, 0.29) is 0 Å². The van der Waals surface area contributed by atoms with Crippen LogP contribution in [0, 0.1) is 6.92 Å². The lowest BCUT2D eigenvalue weighted by Crippen LogP contribution is -2.38. The first kappa shape index (κ1) is 23.3. The number of hydrogen-bond donors (Lipinski definition) is 1. The van der Waals surface area contributed by atoms with Gasteiger partial charge >= 0.3 is 0 Å². The van der Waals surface area contributed by atoms with E-state index < -0.39 is 0 Å². The molecule has 0 radical (unpaired) electrons. The summed E-state index contributed by atoms with van der Waals surface area (Å²) in [6, 6.07) is 15.8. The highest BCUT2D eigenvalue weighted by atomic mass is 35.5. The number of halogens is 1. The molecule has 3 aromatic heterocycles. The van der Waals surface area contributed by atoms with Crippen LogP contribution in [0.25, 0.3) is 10.9 Å². The number of aromatic nitrogens is 4. The monoisotopic (exact) mass is 489 g/mol. The van der Waals surface area contributed by atoms with E-state index in [2.05, 4.69) is 25.1 Å². The molecule has 0 aliphatic carbocycles. The summed E-state index contributed by atoms with van der Waals surface area (Å²) in [6.45, 7) is 7.08. The lowest BCUT2D eigenvalue weighted by atomic mass is 10.2. The molecular weight excluding hydrogens is 462 g/mol. The van der Waals surface area contributed by atoms with E-state index in [1.807, 2.05) is 61.7 Å². The molecule has 0 spiro atoms. The van der Waals surface area contributed by atoms with Crippen LogP contribution in [0.2, 0.25) is 5.02 Å². The van der Waals surface area contributed by atoms with Gasteiger partial charge in [0.15, 0.2) is 0 Å². The number of fused-ring (bicyclic) bond motifs is 1. The third-order valence-corrected chi connectivity index (χ3v) is 6.16. The molecule has 1 aromatic carbocycles. The highest BCUT2D eigenvalue weighted by Crippen LogP contribution is 2.25. The molecule has 4 aromatic rings. The number of nitrogens with zero attached hydrogens (tertiary/aromatic N) is 6.